The second-order valence-electron chi connectivity index (χ2n) is 3.95. The van der Waals surface area contributed by atoms with Gasteiger partial charge < -0.3 is 5.11 Å². The van der Waals surface area contributed by atoms with Crippen LogP contribution < -0.4 is 0 Å². The molecule has 0 bridgehead atoms. The van der Waals surface area contributed by atoms with Crippen molar-refractivity contribution in [2.45, 2.75) is 19.4 Å². The molecule has 2 rings (SSSR count). The van der Waals surface area contributed by atoms with E-state index < -0.39 is 6.10 Å². The third-order valence-corrected chi connectivity index (χ3v) is 2.44. The maximum Gasteiger partial charge on any atom is 0.100 e. The van der Waals surface area contributed by atoms with E-state index in [1.165, 1.54) is 0 Å². The molecule has 0 fully saturated rings. The summed E-state index contributed by atoms with van der Waals surface area (Å²) in [4.78, 5) is 4.30. The summed E-state index contributed by atoms with van der Waals surface area (Å²) in [6, 6.07) is 5.67. The first kappa shape index (κ1) is 10.8. The van der Waals surface area contributed by atoms with Gasteiger partial charge in [0.05, 0.1) is 11.9 Å². The second-order valence-corrected chi connectivity index (χ2v) is 3.95. The van der Waals surface area contributed by atoms with Gasteiger partial charge >= 0.3 is 0 Å². The Morgan fingerprint density at radius 3 is 2.88 bits per heavy atom. The average molecular weight is 217 g/mol. The van der Waals surface area contributed by atoms with E-state index in [1.807, 2.05) is 38.4 Å². The van der Waals surface area contributed by atoms with Crippen LogP contribution in [0.3, 0.4) is 0 Å². The van der Waals surface area contributed by atoms with Gasteiger partial charge in [0.1, 0.15) is 6.10 Å². The van der Waals surface area contributed by atoms with E-state index in [-0.39, 0.29) is 0 Å². The lowest BCUT2D eigenvalue weighted by Crippen LogP contribution is -2.04. The molecular weight excluding hydrogens is 202 g/mol. The van der Waals surface area contributed by atoms with Gasteiger partial charge in [-0.05, 0) is 24.6 Å². The van der Waals surface area contributed by atoms with Crippen LogP contribution in [-0.2, 0) is 13.5 Å². The number of hydrogen-bond donors (Lipinski definition) is 1. The van der Waals surface area contributed by atoms with Gasteiger partial charge in [-0.1, -0.05) is 6.07 Å². The van der Waals surface area contributed by atoms with Crippen LogP contribution in [0.5, 0.6) is 0 Å². The van der Waals surface area contributed by atoms with Crippen molar-refractivity contribution in [2.24, 2.45) is 7.05 Å². The van der Waals surface area contributed by atoms with Gasteiger partial charge in [0, 0.05) is 25.4 Å². The highest BCUT2D eigenvalue weighted by molar-refractivity contribution is 5.15. The lowest BCUT2D eigenvalue weighted by Gasteiger charge is -2.08. The molecule has 2 heterocycles. The van der Waals surface area contributed by atoms with Crippen molar-refractivity contribution >= 4 is 0 Å². The molecule has 1 unspecified atom stereocenters. The zero-order valence-corrected chi connectivity index (χ0v) is 9.46. The van der Waals surface area contributed by atoms with Crippen molar-refractivity contribution in [3.05, 3.63) is 47.5 Å². The molecule has 0 spiro atoms. The fraction of sp³-hybridized carbons (Fsp3) is 0.333. The van der Waals surface area contributed by atoms with E-state index >= 15 is 0 Å². The van der Waals surface area contributed by atoms with E-state index in [9.17, 15) is 5.11 Å². The van der Waals surface area contributed by atoms with Crippen molar-refractivity contribution in [1.29, 1.82) is 0 Å². The standard InChI is InChI=1S/C12H15N3O/c1-9-4-3-5-11(14-9)12(16)6-10-7-13-15(2)8-10/h3-5,7-8,12,16H,6H2,1-2H3. The highest BCUT2D eigenvalue weighted by Gasteiger charge is 2.10. The van der Waals surface area contributed by atoms with Crippen LogP contribution in [0.2, 0.25) is 0 Å². The third-order valence-electron chi connectivity index (χ3n) is 2.44. The van der Waals surface area contributed by atoms with Gasteiger partial charge in [-0.2, -0.15) is 5.10 Å². The van der Waals surface area contributed by atoms with Crippen LogP contribution in [0.4, 0.5) is 0 Å². The Bertz CT molecular complexity index is 479. The number of aryl methyl sites for hydroxylation is 2. The molecule has 0 aliphatic carbocycles. The van der Waals surface area contributed by atoms with Gasteiger partial charge in [0.15, 0.2) is 0 Å². The molecule has 0 aliphatic heterocycles. The maximum absolute atomic E-state index is 10.0. The van der Waals surface area contributed by atoms with Gasteiger partial charge in [-0.15, -0.1) is 0 Å². The smallest absolute Gasteiger partial charge is 0.100 e. The van der Waals surface area contributed by atoms with Gasteiger partial charge in [0.2, 0.25) is 0 Å². The predicted molar refractivity (Wildman–Crippen MR) is 60.8 cm³/mol. The van der Waals surface area contributed by atoms with E-state index in [2.05, 4.69) is 10.1 Å². The normalized spacial score (nSPS) is 12.7. The molecule has 0 aliphatic rings. The Morgan fingerprint density at radius 1 is 1.44 bits per heavy atom. The van der Waals surface area contributed by atoms with E-state index in [4.69, 9.17) is 0 Å². The Labute approximate surface area is 94.6 Å². The van der Waals surface area contributed by atoms with Crippen molar-refractivity contribution in [3.63, 3.8) is 0 Å². The summed E-state index contributed by atoms with van der Waals surface area (Å²) in [5.74, 6) is 0. The minimum absolute atomic E-state index is 0.546. The van der Waals surface area contributed by atoms with E-state index in [0.29, 0.717) is 12.1 Å². The number of rotatable bonds is 3. The monoisotopic (exact) mass is 217 g/mol. The van der Waals surface area contributed by atoms with E-state index in [0.717, 1.165) is 11.3 Å². The number of aliphatic hydroxyl groups is 1. The highest BCUT2D eigenvalue weighted by Crippen LogP contribution is 2.16. The first-order chi connectivity index (χ1) is 7.65. The molecule has 0 saturated carbocycles. The summed E-state index contributed by atoms with van der Waals surface area (Å²) < 4.78 is 1.73. The maximum atomic E-state index is 10.0. The molecular formula is C12H15N3O. The Balaban J connectivity index is 2.11. The van der Waals surface area contributed by atoms with E-state index in [1.54, 1.807) is 10.9 Å². The molecule has 0 saturated heterocycles. The first-order valence-corrected chi connectivity index (χ1v) is 5.24. The fourth-order valence-electron chi connectivity index (χ4n) is 1.65. The molecule has 4 heteroatoms. The lowest BCUT2D eigenvalue weighted by molar-refractivity contribution is 0.173. The number of aromatic nitrogens is 3. The topological polar surface area (TPSA) is 50.9 Å². The van der Waals surface area contributed by atoms with Crippen LogP contribution in [0.1, 0.15) is 23.1 Å². The summed E-state index contributed by atoms with van der Waals surface area (Å²) in [6.45, 7) is 1.92. The molecule has 1 atom stereocenters. The quantitative estimate of drug-likeness (QED) is 0.845. The zero-order chi connectivity index (χ0) is 11.5. The summed E-state index contributed by atoms with van der Waals surface area (Å²) in [6.07, 6.45) is 3.64. The molecule has 84 valence electrons. The fourth-order valence-corrected chi connectivity index (χ4v) is 1.65. The van der Waals surface area contributed by atoms with Crippen LogP contribution >= 0.6 is 0 Å². The molecule has 0 amide bonds. The SMILES string of the molecule is Cc1cccc(C(O)Cc2cnn(C)c2)n1. The largest absolute Gasteiger partial charge is 0.386 e. The van der Waals surface area contributed by atoms with Gasteiger partial charge in [0.25, 0.3) is 0 Å². The van der Waals surface area contributed by atoms with Gasteiger partial charge in [-0.25, -0.2) is 0 Å². The molecule has 4 nitrogen and oxygen atoms in total. The number of hydrogen-bond acceptors (Lipinski definition) is 3. The van der Waals surface area contributed by atoms with Crippen LogP contribution in [0.15, 0.2) is 30.6 Å². The third kappa shape index (κ3) is 2.46. The molecule has 2 aromatic heterocycles. The Kier molecular flexibility index (Phi) is 3.01. The van der Waals surface area contributed by atoms with Crippen molar-refractivity contribution in [1.82, 2.24) is 14.8 Å². The number of pyridine rings is 1. The minimum Gasteiger partial charge on any atom is -0.386 e. The Hall–Kier alpha value is -1.68. The predicted octanol–water partition coefficient (Wildman–Crippen LogP) is 1.40. The number of aliphatic hydroxyl groups excluding tert-OH is 1. The summed E-state index contributed by atoms with van der Waals surface area (Å²) in [5.41, 5.74) is 2.64. The number of nitrogens with zero attached hydrogens (tertiary/aromatic N) is 3. The average Bonchev–Trinajstić information content (AvgIpc) is 2.64. The van der Waals surface area contributed by atoms with Crippen LogP contribution in [0.25, 0.3) is 0 Å². The summed E-state index contributed by atoms with van der Waals surface area (Å²) in [7, 11) is 1.86. The summed E-state index contributed by atoms with van der Waals surface area (Å²) in [5, 5.41) is 14.1. The zero-order valence-electron chi connectivity index (χ0n) is 9.46. The molecule has 16 heavy (non-hydrogen) atoms. The Morgan fingerprint density at radius 2 is 2.25 bits per heavy atom. The lowest BCUT2D eigenvalue weighted by atomic mass is 10.1. The van der Waals surface area contributed by atoms with Crippen molar-refractivity contribution in [3.8, 4) is 0 Å². The second kappa shape index (κ2) is 4.45. The molecule has 0 radical (unpaired) electrons. The minimum atomic E-state index is -0.566. The first-order valence-electron chi connectivity index (χ1n) is 5.24. The highest BCUT2D eigenvalue weighted by atomic mass is 16.3. The van der Waals surface area contributed by atoms with Gasteiger partial charge in [-0.3, -0.25) is 9.67 Å². The molecule has 1 N–H and O–H groups in total. The summed E-state index contributed by atoms with van der Waals surface area (Å²) >= 11 is 0. The molecule has 0 aromatic carbocycles. The van der Waals surface area contributed by atoms with Crippen molar-refractivity contribution in [2.75, 3.05) is 0 Å². The van der Waals surface area contributed by atoms with Crippen LogP contribution in [0, 0.1) is 6.92 Å². The van der Waals surface area contributed by atoms with Crippen molar-refractivity contribution < 1.29 is 5.11 Å². The van der Waals surface area contributed by atoms with Crippen LogP contribution in [-0.4, -0.2) is 19.9 Å². The molecule has 2 aromatic rings.